The van der Waals surface area contributed by atoms with E-state index in [2.05, 4.69) is 5.32 Å². The van der Waals surface area contributed by atoms with Crippen molar-refractivity contribution in [3.8, 4) is 11.5 Å². The Hall–Kier alpha value is -1.62. The van der Waals surface area contributed by atoms with E-state index in [4.69, 9.17) is 21.1 Å². The fourth-order valence-electron chi connectivity index (χ4n) is 2.51. The molecule has 1 fully saturated rings. The van der Waals surface area contributed by atoms with Gasteiger partial charge in [-0.25, -0.2) is 0 Å². The summed E-state index contributed by atoms with van der Waals surface area (Å²) in [6, 6.07) is 3.41. The van der Waals surface area contributed by atoms with Gasteiger partial charge in [0.15, 0.2) is 0 Å². The van der Waals surface area contributed by atoms with Gasteiger partial charge in [-0.2, -0.15) is 0 Å². The van der Waals surface area contributed by atoms with E-state index in [1.807, 2.05) is 18.7 Å². The summed E-state index contributed by atoms with van der Waals surface area (Å²) < 4.78 is 10.5. The lowest BCUT2D eigenvalue weighted by molar-refractivity contribution is -0.129. The van der Waals surface area contributed by atoms with Crippen LogP contribution in [0.5, 0.6) is 11.5 Å². The second-order valence-electron chi connectivity index (χ2n) is 5.30. The highest BCUT2D eigenvalue weighted by atomic mass is 35.5. The molecule has 1 aromatic rings. The molecule has 1 aliphatic heterocycles. The summed E-state index contributed by atoms with van der Waals surface area (Å²) in [5.74, 6) is 1.25. The van der Waals surface area contributed by atoms with Crippen molar-refractivity contribution in [2.45, 2.75) is 32.4 Å². The Bertz CT molecular complexity index is 534. The molecule has 0 saturated carbocycles. The molecule has 6 heteroatoms. The van der Waals surface area contributed by atoms with Crippen molar-refractivity contribution in [2.24, 2.45) is 0 Å². The Kier molecular flexibility index (Phi) is 4.83. The fraction of sp³-hybridized carbons (Fsp3) is 0.533. The van der Waals surface area contributed by atoms with Crippen LogP contribution in [0.4, 0.5) is 5.69 Å². The zero-order valence-electron chi connectivity index (χ0n) is 12.8. The van der Waals surface area contributed by atoms with Gasteiger partial charge in [-0.3, -0.25) is 4.79 Å². The Labute approximate surface area is 130 Å². The van der Waals surface area contributed by atoms with E-state index in [0.29, 0.717) is 22.2 Å². The van der Waals surface area contributed by atoms with Crippen LogP contribution in [-0.4, -0.2) is 43.7 Å². The minimum atomic E-state index is -0.243. The van der Waals surface area contributed by atoms with Crippen LogP contribution in [0.3, 0.4) is 0 Å². The molecule has 2 rings (SSSR count). The predicted molar refractivity (Wildman–Crippen MR) is 83.4 cm³/mol. The van der Waals surface area contributed by atoms with Gasteiger partial charge in [-0.1, -0.05) is 11.6 Å². The molecule has 21 heavy (non-hydrogen) atoms. The van der Waals surface area contributed by atoms with E-state index in [1.165, 1.54) is 0 Å². The van der Waals surface area contributed by atoms with E-state index in [-0.39, 0.29) is 18.0 Å². The number of anilines is 1. The number of rotatable bonds is 5. The third-order valence-electron chi connectivity index (χ3n) is 3.67. The molecule has 1 aromatic carbocycles. The van der Waals surface area contributed by atoms with E-state index in [0.717, 1.165) is 13.0 Å². The van der Waals surface area contributed by atoms with Crippen molar-refractivity contribution < 1.29 is 14.3 Å². The van der Waals surface area contributed by atoms with Gasteiger partial charge in [0, 0.05) is 24.7 Å². The first-order valence-corrected chi connectivity index (χ1v) is 7.34. The third-order valence-corrected chi connectivity index (χ3v) is 3.96. The number of halogens is 1. The number of hydrogen-bond donors (Lipinski definition) is 1. The van der Waals surface area contributed by atoms with Gasteiger partial charge >= 0.3 is 0 Å². The Morgan fingerprint density at radius 1 is 1.29 bits per heavy atom. The largest absolute Gasteiger partial charge is 0.495 e. The number of hydrogen-bond acceptors (Lipinski definition) is 4. The highest BCUT2D eigenvalue weighted by Gasteiger charge is 2.33. The molecule has 1 aliphatic rings. The number of amides is 1. The number of nitrogens with one attached hydrogen (secondary N) is 1. The summed E-state index contributed by atoms with van der Waals surface area (Å²) >= 11 is 6.08. The van der Waals surface area contributed by atoms with Gasteiger partial charge in [-0.15, -0.1) is 0 Å². The van der Waals surface area contributed by atoms with Gasteiger partial charge in [-0.05, 0) is 20.3 Å². The van der Waals surface area contributed by atoms with E-state index in [1.54, 1.807) is 26.4 Å². The zero-order chi connectivity index (χ0) is 15.6. The number of carbonyl (C=O) groups is 1. The predicted octanol–water partition coefficient (Wildman–Crippen LogP) is 2.78. The number of carbonyl (C=O) groups excluding carboxylic acids is 1. The smallest absolute Gasteiger partial charge is 0.245 e. The van der Waals surface area contributed by atoms with Crippen molar-refractivity contribution in [1.82, 2.24) is 4.90 Å². The minimum absolute atomic E-state index is 0.112. The number of likely N-dealkylation sites (tertiary alicyclic amines) is 1. The maximum Gasteiger partial charge on any atom is 0.245 e. The monoisotopic (exact) mass is 312 g/mol. The molecule has 1 atom stereocenters. The van der Waals surface area contributed by atoms with Crippen molar-refractivity contribution >= 4 is 23.2 Å². The first kappa shape index (κ1) is 15.8. The maximum atomic E-state index is 12.3. The molecule has 0 aliphatic carbocycles. The van der Waals surface area contributed by atoms with Crippen LogP contribution < -0.4 is 14.8 Å². The molecule has 0 radical (unpaired) electrons. The van der Waals surface area contributed by atoms with Gasteiger partial charge < -0.3 is 19.7 Å². The third kappa shape index (κ3) is 3.18. The first-order chi connectivity index (χ1) is 9.97. The molecular formula is C15H21ClN2O3. The minimum Gasteiger partial charge on any atom is -0.495 e. The molecule has 116 valence electrons. The lowest BCUT2D eigenvalue weighted by Crippen LogP contribution is -2.37. The topological polar surface area (TPSA) is 50.8 Å². The second kappa shape index (κ2) is 6.43. The van der Waals surface area contributed by atoms with Crippen LogP contribution in [0.25, 0.3) is 0 Å². The summed E-state index contributed by atoms with van der Waals surface area (Å²) in [4.78, 5) is 14.2. The summed E-state index contributed by atoms with van der Waals surface area (Å²) in [5, 5.41) is 3.72. The normalized spacial score (nSPS) is 18.3. The molecule has 1 heterocycles. The molecule has 5 nitrogen and oxygen atoms in total. The van der Waals surface area contributed by atoms with Crippen molar-refractivity contribution in [3.05, 3.63) is 17.2 Å². The molecule has 1 N–H and O–H groups in total. The average Bonchev–Trinajstić information content (AvgIpc) is 2.81. The first-order valence-electron chi connectivity index (χ1n) is 6.96. The molecule has 0 spiro atoms. The van der Waals surface area contributed by atoms with Crippen LogP contribution in [0.15, 0.2) is 12.1 Å². The van der Waals surface area contributed by atoms with Crippen LogP contribution in [0.2, 0.25) is 5.02 Å². The number of ether oxygens (including phenoxy) is 2. The zero-order valence-corrected chi connectivity index (χ0v) is 13.5. The Balaban J connectivity index is 2.22. The standard InChI is InChI=1S/C15H21ClN2O3/c1-9(2)18-6-5-11(15(18)19)17-12-8-13(20-3)10(16)7-14(12)21-4/h7-9,11,17H,5-6H2,1-4H3. The van der Waals surface area contributed by atoms with Crippen molar-refractivity contribution in [3.63, 3.8) is 0 Å². The van der Waals surface area contributed by atoms with Gasteiger partial charge in [0.1, 0.15) is 17.5 Å². The van der Waals surface area contributed by atoms with Gasteiger partial charge in [0.2, 0.25) is 5.91 Å². The average molecular weight is 313 g/mol. The van der Waals surface area contributed by atoms with E-state index >= 15 is 0 Å². The molecular weight excluding hydrogens is 292 g/mol. The summed E-state index contributed by atoms with van der Waals surface area (Å²) in [5.41, 5.74) is 0.711. The second-order valence-corrected chi connectivity index (χ2v) is 5.71. The molecule has 1 unspecified atom stereocenters. The fourth-order valence-corrected chi connectivity index (χ4v) is 2.74. The maximum absolute atomic E-state index is 12.3. The Morgan fingerprint density at radius 3 is 2.48 bits per heavy atom. The van der Waals surface area contributed by atoms with Crippen LogP contribution in [-0.2, 0) is 4.79 Å². The van der Waals surface area contributed by atoms with E-state index < -0.39 is 0 Å². The lowest BCUT2D eigenvalue weighted by Gasteiger charge is -2.22. The summed E-state index contributed by atoms with van der Waals surface area (Å²) in [6.45, 7) is 4.81. The van der Waals surface area contributed by atoms with Crippen LogP contribution in [0.1, 0.15) is 20.3 Å². The molecule has 0 bridgehead atoms. The van der Waals surface area contributed by atoms with Crippen LogP contribution in [0, 0.1) is 0 Å². The van der Waals surface area contributed by atoms with Crippen molar-refractivity contribution in [1.29, 1.82) is 0 Å². The number of methoxy groups -OCH3 is 2. The highest BCUT2D eigenvalue weighted by Crippen LogP contribution is 2.36. The molecule has 1 saturated heterocycles. The quantitative estimate of drug-likeness (QED) is 0.908. The SMILES string of the molecule is COc1cc(NC2CCN(C(C)C)C2=O)c(OC)cc1Cl. The summed E-state index contributed by atoms with van der Waals surface area (Å²) in [6.07, 6.45) is 0.769. The number of nitrogens with zero attached hydrogens (tertiary/aromatic N) is 1. The highest BCUT2D eigenvalue weighted by molar-refractivity contribution is 6.32. The van der Waals surface area contributed by atoms with Gasteiger partial charge in [0.05, 0.1) is 24.9 Å². The van der Waals surface area contributed by atoms with Gasteiger partial charge in [0.25, 0.3) is 0 Å². The van der Waals surface area contributed by atoms with E-state index in [9.17, 15) is 4.79 Å². The molecule has 0 aromatic heterocycles. The Morgan fingerprint density at radius 2 is 1.95 bits per heavy atom. The number of benzene rings is 1. The molecule has 1 amide bonds. The van der Waals surface area contributed by atoms with Crippen LogP contribution >= 0.6 is 11.6 Å². The summed E-state index contributed by atoms with van der Waals surface area (Å²) in [7, 11) is 3.12. The van der Waals surface area contributed by atoms with Crippen molar-refractivity contribution in [2.75, 3.05) is 26.1 Å². The lowest BCUT2D eigenvalue weighted by atomic mass is 10.2.